The highest BCUT2D eigenvalue weighted by atomic mass is 35.5. The molecular weight excluding hydrogens is 307 g/mol. The summed E-state index contributed by atoms with van der Waals surface area (Å²) in [6.07, 6.45) is 0.548. The molecule has 17 heavy (non-hydrogen) atoms. The molecule has 5 nitrogen and oxygen atoms in total. The first kappa shape index (κ1) is 14.6. The fraction of sp³-hybridized carbons (Fsp3) is 0.375. The molecule has 0 aliphatic heterocycles. The lowest BCUT2D eigenvalue weighted by Crippen LogP contribution is -2.35. The fourth-order valence-corrected chi connectivity index (χ4v) is 2.77. The number of nitrogens with zero attached hydrogens (tertiary/aromatic N) is 2. The van der Waals surface area contributed by atoms with Crippen LogP contribution in [0.4, 0.5) is 9.80 Å². The van der Waals surface area contributed by atoms with Gasteiger partial charge in [0.25, 0.3) is 0 Å². The molecule has 0 atom stereocenters. The Morgan fingerprint density at radius 1 is 1.53 bits per heavy atom. The second-order valence-electron chi connectivity index (χ2n) is 2.82. The Morgan fingerprint density at radius 2 is 2.18 bits per heavy atom. The molecule has 1 aromatic rings. The molecule has 2 amide bonds. The minimum atomic E-state index is -1.39. The van der Waals surface area contributed by atoms with Crippen LogP contribution >= 0.6 is 46.3 Å². The molecule has 0 saturated carbocycles. The molecular formula is C8H8Cl2N2O3S2. The van der Waals surface area contributed by atoms with E-state index < -0.39 is 12.0 Å². The van der Waals surface area contributed by atoms with Crippen molar-refractivity contribution in [3.63, 3.8) is 0 Å². The highest BCUT2D eigenvalue weighted by molar-refractivity contribution is 7.98. The van der Waals surface area contributed by atoms with Crippen LogP contribution in [0.5, 0.6) is 0 Å². The van der Waals surface area contributed by atoms with Crippen molar-refractivity contribution in [2.24, 2.45) is 0 Å². The lowest BCUT2D eigenvalue weighted by atomic mass is 10.4. The second-order valence-corrected chi connectivity index (χ2v) is 5.72. The van der Waals surface area contributed by atoms with Crippen LogP contribution < -0.4 is 4.90 Å². The average molecular weight is 315 g/mol. The van der Waals surface area contributed by atoms with Crippen molar-refractivity contribution in [3.8, 4) is 0 Å². The SMILES string of the molecule is CSCCC(=O)N(C(=O)O)c1sc(Cl)nc1Cl. The van der Waals surface area contributed by atoms with Gasteiger partial charge in [0.15, 0.2) is 9.62 Å². The third kappa shape index (κ3) is 3.74. The van der Waals surface area contributed by atoms with E-state index in [1.54, 1.807) is 0 Å². The second kappa shape index (κ2) is 6.44. The molecule has 1 rings (SSSR count). The molecule has 0 radical (unpaired) electrons. The number of carbonyl (C=O) groups excluding carboxylic acids is 1. The van der Waals surface area contributed by atoms with E-state index in [0.29, 0.717) is 10.7 Å². The molecule has 0 spiro atoms. The van der Waals surface area contributed by atoms with Crippen molar-refractivity contribution in [2.75, 3.05) is 16.9 Å². The van der Waals surface area contributed by atoms with Gasteiger partial charge in [-0.1, -0.05) is 34.5 Å². The topological polar surface area (TPSA) is 70.5 Å². The quantitative estimate of drug-likeness (QED) is 0.924. The third-order valence-corrected chi connectivity index (χ3v) is 3.84. The van der Waals surface area contributed by atoms with Gasteiger partial charge in [0.1, 0.15) is 5.00 Å². The zero-order valence-corrected chi connectivity index (χ0v) is 11.8. The van der Waals surface area contributed by atoms with Gasteiger partial charge < -0.3 is 5.11 Å². The van der Waals surface area contributed by atoms with Crippen LogP contribution in [0.25, 0.3) is 0 Å². The van der Waals surface area contributed by atoms with Crippen LogP contribution in [-0.2, 0) is 4.79 Å². The maximum absolute atomic E-state index is 11.7. The maximum atomic E-state index is 11.7. The first-order valence-corrected chi connectivity index (χ1v) is 7.30. The highest BCUT2D eigenvalue weighted by Gasteiger charge is 2.27. The summed E-state index contributed by atoms with van der Waals surface area (Å²) in [6, 6.07) is 0. The van der Waals surface area contributed by atoms with Crippen LogP contribution in [0.3, 0.4) is 0 Å². The average Bonchev–Trinajstić information content (AvgIpc) is 2.55. The van der Waals surface area contributed by atoms with Crippen molar-refractivity contribution < 1.29 is 14.7 Å². The maximum Gasteiger partial charge on any atom is 0.419 e. The molecule has 0 aliphatic carbocycles. The number of aromatic nitrogens is 1. The number of anilines is 1. The van der Waals surface area contributed by atoms with E-state index >= 15 is 0 Å². The van der Waals surface area contributed by atoms with Gasteiger partial charge in [-0.25, -0.2) is 14.7 Å². The molecule has 1 N–H and O–H groups in total. The lowest BCUT2D eigenvalue weighted by molar-refractivity contribution is -0.117. The van der Waals surface area contributed by atoms with E-state index in [-0.39, 0.29) is 21.0 Å². The van der Waals surface area contributed by atoms with E-state index in [1.165, 1.54) is 11.8 Å². The van der Waals surface area contributed by atoms with Crippen LogP contribution in [0.15, 0.2) is 0 Å². The van der Waals surface area contributed by atoms with Crippen LogP contribution in [0.2, 0.25) is 9.62 Å². The summed E-state index contributed by atoms with van der Waals surface area (Å²) in [4.78, 5) is 27.0. The molecule has 0 fully saturated rings. The number of carbonyl (C=O) groups is 2. The van der Waals surface area contributed by atoms with Crippen LogP contribution in [0.1, 0.15) is 6.42 Å². The van der Waals surface area contributed by atoms with Crippen LogP contribution in [0, 0.1) is 0 Å². The summed E-state index contributed by atoms with van der Waals surface area (Å²) in [5, 5.41) is 8.96. The largest absolute Gasteiger partial charge is 0.464 e. The summed E-state index contributed by atoms with van der Waals surface area (Å²) in [5.74, 6) is -0.0127. The Bertz CT molecular complexity index is 438. The van der Waals surface area contributed by atoms with Crippen molar-refractivity contribution in [1.82, 2.24) is 4.98 Å². The number of hydrogen-bond donors (Lipinski definition) is 1. The normalized spacial score (nSPS) is 10.3. The van der Waals surface area contributed by atoms with Crippen molar-refractivity contribution in [3.05, 3.63) is 9.62 Å². The summed E-state index contributed by atoms with van der Waals surface area (Å²) >= 11 is 13.6. The number of amides is 2. The standard InChI is InChI=1S/C8H8Cl2N2O3S2/c1-16-3-2-4(13)12(8(14)15)6-5(9)11-7(10)17-6/h2-3H2,1H3,(H,14,15). The van der Waals surface area contributed by atoms with Gasteiger partial charge in [0.2, 0.25) is 5.91 Å². The Hall–Kier alpha value is -0.500. The zero-order valence-electron chi connectivity index (χ0n) is 8.64. The number of rotatable bonds is 4. The fourth-order valence-electron chi connectivity index (χ4n) is 1.02. The summed E-state index contributed by atoms with van der Waals surface area (Å²) in [5.41, 5.74) is 0. The van der Waals surface area contributed by atoms with Crippen molar-refractivity contribution >= 4 is 63.3 Å². The Morgan fingerprint density at radius 3 is 2.59 bits per heavy atom. The smallest absolute Gasteiger partial charge is 0.419 e. The molecule has 0 unspecified atom stereocenters. The third-order valence-electron chi connectivity index (χ3n) is 1.71. The Labute approximate surface area is 116 Å². The first-order chi connectivity index (χ1) is 7.97. The molecule has 0 saturated heterocycles. The molecule has 9 heteroatoms. The van der Waals surface area contributed by atoms with Gasteiger partial charge in [0, 0.05) is 12.2 Å². The summed E-state index contributed by atoms with van der Waals surface area (Å²) in [6.45, 7) is 0. The minimum absolute atomic E-state index is 0.0373. The van der Waals surface area contributed by atoms with E-state index in [9.17, 15) is 9.59 Å². The molecule has 0 aliphatic rings. The monoisotopic (exact) mass is 314 g/mol. The predicted octanol–water partition coefficient (Wildman–Crippen LogP) is 3.21. The van der Waals surface area contributed by atoms with Crippen LogP contribution in [-0.4, -0.2) is 34.1 Å². The summed E-state index contributed by atoms with van der Waals surface area (Å²) in [7, 11) is 0. The Kier molecular flexibility index (Phi) is 5.51. The number of imide groups is 1. The van der Waals surface area contributed by atoms with E-state index in [2.05, 4.69) is 4.98 Å². The van der Waals surface area contributed by atoms with Gasteiger partial charge in [-0.15, -0.1) is 0 Å². The number of thioether (sulfide) groups is 1. The number of hydrogen-bond acceptors (Lipinski definition) is 5. The molecule has 1 heterocycles. The first-order valence-electron chi connectivity index (χ1n) is 4.34. The van der Waals surface area contributed by atoms with E-state index in [0.717, 1.165) is 11.3 Å². The van der Waals surface area contributed by atoms with Gasteiger partial charge in [-0.3, -0.25) is 4.79 Å². The molecule has 0 aromatic carbocycles. The van der Waals surface area contributed by atoms with E-state index in [1.807, 2.05) is 6.26 Å². The Balaban J connectivity index is 2.97. The van der Waals surface area contributed by atoms with Crippen molar-refractivity contribution in [1.29, 1.82) is 0 Å². The van der Waals surface area contributed by atoms with Gasteiger partial charge >= 0.3 is 6.09 Å². The van der Waals surface area contributed by atoms with Gasteiger partial charge in [0.05, 0.1) is 0 Å². The molecule has 0 bridgehead atoms. The van der Waals surface area contributed by atoms with Gasteiger partial charge in [-0.2, -0.15) is 11.8 Å². The number of carboxylic acid groups (broad SMARTS) is 1. The number of thiazole rings is 1. The lowest BCUT2D eigenvalue weighted by Gasteiger charge is -2.14. The van der Waals surface area contributed by atoms with Crippen molar-refractivity contribution in [2.45, 2.75) is 6.42 Å². The minimum Gasteiger partial charge on any atom is -0.464 e. The molecule has 1 aromatic heterocycles. The predicted molar refractivity (Wildman–Crippen MR) is 70.6 cm³/mol. The number of halogens is 2. The van der Waals surface area contributed by atoms with E-state index in [4.69, 9.17) is 28.3 Å². The summed E-state index contributed by atoms with van der Waals surface area (Å²) < 4.78 is 0.0916. The zero-order chi connectivity index (χ0) is 13.0. The highest BCUT2D eigenvalue weighted by Crippen LogP contribution is 2.35. The molecule has 94 valence electrons. The van der Waals surface area contributed by atoms with Gasteiger partial charge in [-0.05, 0) is 6.26 Å².